The summed E-state index contributed by atoms with van der Waals surface area (Å²) in [7, 11) is -4.01. The number of hydrogen-bond acceptors (Lipinski definition) is 4. The van der Waals surface area contributed by atoms with Gasteiger partial charge in [-0.2, -0.15) is 8.42 Å². The Morgan fingerprint density at radius 1 is 1.05 bits per heavy atom. The van der Waals surface area contributed by atoms with E-state index in [2.05, 4.69) is 4.98 Å². The Kier molecular flexibility index (Phi) is 4.20. The molecule has 1 heterocycles. The highest BCUT2D eigenvalue weighted by atomic mass is 35.5. The number of benzene rings is 1. The molecule has 0 spiro atoms. The average molecular weight is 339 g/mol. The molecule has 0 amide bonds. The van der Waals surface area contributed by atoms with E-state index in [0.717, 1.165) is 6.20 Å². The first-order valence-corrected chi connectivity index (χ1v) is 7.44. The van der Waals surface area contributed by atoms with E-state index < -0.39 is 10.1 Å². The summed E-state index contributed by atoms with van der Waals surface area (Å²) < 4.78 is 28.8. The fourth-order valence-corrected chi connectivity index (χ4v) is 2.72. The highest BCUT2D eigenvalue weighted by Crippen LogP contribution is 2.29. The van der Waals surface area contributed by atoms with Crippen molar-refractivity contribution in [2.24, 2.45) is 0 Å². The van der Waals surface area contributed by atoms with Crippen molar-refractivity contribution in [2.75, 3.05) is 0 Å². The van der Waals surface area contributed by atoms with Gasteiger partial charge in [-0.1, -0.05) is 34.8 Å². The molecule has 2 rings (SSSR count). The molecule has 0 fully saturated rings. The van der Waals surface area contributed by atoms with Gasteiger partial charge in [0.15, 0.2) is 5.75 Å². The van der Waals surface area contributed by atoms with Crippen LogP contribution in [0, 0.1) is 0 Å². The van der Waals surface area contributed by atoms with Crippen LogP contribution in [0.2, 0.25) is 15.2 Å². The van der Waals surface area contributed by atoms with Crippen molar-refractivity contribution >= 4 is 44.9 Å². The second-order valence-electron chi connectivity index (χ2n) is 3.43. The van der Waals surface area contributed by atoms with Crippen molar-refractivity contribution in [1.29, 1.82) is 0 Å². The Hall–Kier alpha value is -1.01. The van der Waals surface area contributed by atoms with Crippen molar-refractivity contribution in [1.82, 2.24) is 4.98 Å². The lowest BCUT2D eigenvalue weighted by atomic mass is 10.3. The summed E-state index contributed by atoms with van der Waals surface area (Å²) in [5, 5.41) is 0.657. The zero-order chi connectivity index (χ0) is 14.0. The molecule has 2 aromatic rings. The first-order chi connectivity index (χ1) is 8.88. The maximum absolute atomic E-state index is 12.0. The van der Waals surface area contributed by atoms with Crippen molar-refractivity contribution in [3.05, 3.63) is 51.7 Å². The molecular weight excluding hydrogens is 333 g/mol. The zero-order valence-electron chi connectivity index (χ0n) is 9.18. The van der Waals surface area contributed by atoms with Gasteiger partial charge in [0.1, 0.15) is 10.0 Å². The van der Waals surface area contributed by atoms with Crippen LogP contribution in [-0.4, -0.2) is 13.4 Å². The van der Waals surface area contributed by atoms with Gasteiger partial charge in [0.25, 0.3) is 0 Å². The molecule has 0 unspecified atom stereocenters. The summed E-state index contributed by atoms with van der Waals surface area (Å²) >= 11 is 17.1. The van der Waals surface area contributed by atoms with E-state index >= 15 is 0 Å². The monoisotopic (exact) mass is 337 g/mol. The maximum Gasteiger partial charge on any atom is 0.340 e. The topological polar surface area (TPSA) is 56.3 Å². The Bertz CT molecular complexity index is 702. The molecule has 0 aliphatic carbocycles. The molecule has 0 atom stereocenters. The smallest absolute Gasteiger partial charge is 0.340 e. The lowest BCUT2D eigenvalue weighted by molar-refractivity contribution is 0.486. The van der Waals surface area contributed by atoms with Gasteiger partial charge in [-0.05, 0) is 30.3 Å². The summed E-state index contributed by atoms with van der Waals surface area (Å²) in [5.74, 6) is -0.0129. The van der Waals surface area contributed by atoms with Gasteiger partial charge >= 0.3 is 10.1 Å². The largest absolute Gasteiger partial charge is 0.377 e. The Morgan fingerprint density at radius 2 is 1.79 bits per heavy atom. The third-order valence-corrected chi connectivity index (χ3v) is 4.05. The van der Waals surface area contributed by atoms with Gasteiger partial charge in [0.05, 0.1) is 11.2 Å². The van der Waals surface area contributed by atoms with Crippen LogP contribution >= 0.6 is 34.8 Å². The predicted molar refractivity (Wildman–Crippen MR) is 73.5 cm³/mol. The molecule has 0 N–H and O–H groups in total. The maximum atomic E-state index is 12.0. The third kappa shape index (κ3) is 3.51. The summed E-state index contributed by atoms with van der Waals surface area (Å²) in [6.45, 7) is 0. The van der Waals surface area contributed by atoms with E-state index in [1.54, 1.807) is 0 Å². The van der Waals surface area contributed by atoms with Crippen molar-refractivity contribution in [2.45, 2.75) is 4.90 Å². The molecule has 0 aliphatic heterocycles. The molecule has 0 saturated heterocycles. The molecular formula is C11H6Cl3NO3S. The Balaban J connectivity index is 2.33. The summed E-state index contributed by atoms with van der Waals surface area (Å²) in [6, 6.07) is 6.85. The molecule has 0 aliphatic rings. The third-order valence-electron chi connectivity index (χ3n) is 2.08. The van der Waals surface area contributed by atoms with Gasteiger partial charge in [-0.15, -0.1) is 0 Å². The molecule has 19 heavy (non-hydrogen) atoms. The van der Waals surface area contributed by atoms with Crippen LogP contribution in [0.15, 0.2) is 41.4 Å². The Labute approximate surface area is 125 Å². The summed E-state index contributed by atoms with van der Waals surface area (Å²) in [6.07, 6.45) is 1.10. The minimum absolute atomic E-state index is 0.0129. The summed E-state index contributed by atoms with van der Waals surface area (Å²) in [5.41, 5.74) is 0. The van der Waals surface area contributed by atoms with Crippen LogP contribution in [0.4, 0.5) is 0 Å². The minimum Gasteiger partial charge on any atom is -0.377 e. The highest BCUT2D eigenvalue weighted by molar-refractivity contribution is 7.87. The van der Waals surface area contributed by atoms with Crippen molar-refractivity contribution in [3.8, 4) is 5.75 Å². The molecule has 0 bridgehead atoms. The van der Waals surface area contributed by atoms with E-state index in [0.29, 0.717) is 5.02 Å². The molecule has 1 aromatic carbocycles. The fraction of sp³-hybridized carbons (Fsp3) is 0. The zero-order valence-corrected chi connectivity index (χ0v) is 12.3. The van der Waals surface area contributed by atoms with Gasteiger partial charge in [0.2, 0.25) is 0 Å². The quantitative estimate of drug-likeness (QED) is 0.631. The average Bonchev–Trinajstić information content (AvgIpc) is 2.33. The molecule has 100 valence electrons. The second kappa shape index (κ2) is 5.54. The van der Waals surface area contributed by atoms with Gasteiger partial charge in [0, 0.05) is 5.02 Å². The van der Waals surface area contributed by atoms with Crippen LogP contribution in [0.25, 0.3) is 0 Å². The van der Waals surface area contributed by atoms with Crippen LogP contribution < -0.4 is 4.18 Å². The molecule has 0 saturated carbocycles. The number of halogens is 3. The van der Waals surface area contributed by atoms with Crippen molar-refractivity contribution in [3.63, 3.8) is 0 Å². The van der Waals surface area contributed by atoms with Crippen LogP contribution in [0.5, 0.6) is 5.75 Å². The number of pyridine rings is 1. The number of nitrogens with zero attached hydrogens (tertiary/aromatic N) is 1. The fourth-order valence-electron chi connectivity index (χ4n) is 1.22. The van der Waals surface area contributed by atoms with Crippen LogP contribution in [0.1, 0.15) is 0 Å². The van der Waals surface area contributed by atoms with Crippen molar-refractivity contribution < 1.29 is 12.6 Å². The Morgan fingerprint density at radius 3 is 2.37 bits per heavy atom. The minimum atomic E-state index is -4.01. The highest BCUT2D eigenvalue weighted by Gasteiger charge is 2.18. The van der Waals surface area contributed by atoms with Gasteiger partial charge in [-0.3, -0.25) is 0 Å². The standard InChI is InChI=1S/C11H6Cl3NO3S/c12-7-1-3-10(9(13)5-7)18-19(16,17)8-2-4-11(14)15-6-8/h1-6H. The predicted octanol–water partition coefficient (Wildman–Crippen LogP) is 3.81. The van der Waals surface area contributed by atoms with E-state index in [1.165, 1.54) is 30.3 Å². The molecule has 4 nitrogen and oxygen atoms in total. The molecule has 1 aromatic heterocycles. The molecule has 0 radical (unpaired) electrons. The second-order valence-corrected chi connectivity index (χ2v) is 6.21. The number of aromatic nitrogens is 1. The number of rotatable bonds is 3. The van der Waals surface area contributed by atoms with E-state index in [1.807, 2.05) is 0 Å². The first kappa shape index (κ1) is 14.4. The van der Waals surface area contributed by atoms with Gasteiger partial charge < -0.3 is 4.18 Å². The van der Waals surface area contributed by atoms with Crippen LogP contribution in [0.3, 0.4) is 0 Å². The first-order valence-electron chi connectivity index (χ1n) is 4.89. The van der Waals surface area contributed by atoms with Gasteiger partial charge in [-0.25, -0.2) is 4.98 Å². The number of hydrogen-bond donors (Lipinski definition) is 0. The van der Waals surface area contributed by atoms with E-state index in [9.17, 15) is 8.42 Å². The normalized spacial score (nSPS) is 11.3. The van der Waals surface area contributed by atoms with E-state index in [-0.39, 0.29) is 20.8 Å². The SMILES string of the molecule is O=S(=O)(Oc1ccc(Cl)cc1Cl)c1ccc(Cl)nc1. The van der Waals surface area contributed by atoms with E-state index in [4.69, 9.17) is 39.0 Å². The lowest BCUT2D eigenvalue weighted by Gasteiger charge is -2.08. The summed E-state index contributed by atoms with van der Waals surface area (Å²) in [4.78, 5) is 3.55. The molecule has 8 heteroatoms. The van der Waals surface area contributed by atoms with Crippen LogP contribution in [-0.2, 0) is 10.1 Å². The lowest BCUT2D eigenvalue weighted by Crippen LogP contribution is -2.10.